The highest BCUT2D eigenvalue weighted by Crippen LogP contribution is 2.16. The van der Waals surface area contributed by atoms with Crippen molar-refractivity contribution in [3.05, 3.63) is 11.1 Å². The van der Waals surface area contributed by atoms with Crippen LogP contribution in [0.1, 0.15) is 32.9 Å². The maximum Gasteiger partial charge on any atom is 0.182 e. The van der Waals surface area contributed by atoms with Gasteiger partial charge in [-0.15, -0.1) is 11.3 Å². The van der Waals surface area contributed by atoms with Crippen molar-refractivity contribution in [3.63, 3.8) is 0 Å². The number of hydrogen-bond acceptors (Lipinski definition) is 4. The molecule has 3 nitrogen and oxygen atoms in total. The predicted octanol–water partition coefficient (Wildman–Crippen LogP) is 2.52. The molecule has 0 spiro atoms. The number of nitrogens with zero attached hydrogens (tertiary/aromatic N) is 1. The zero-order valence-electron chi connectivity index (χ0n) is 9.66. The Morgan fingerprint density at radius 2 is 2.27 bits per heavy atom. The Morgan fingerprint density at radius 3 is 2.80 bits per heavy atom. The van der Waals surface area contributed by atoms with E-state index in [1.165, 1.54) is 0 Å². The first-order chi connectivity index (χ1) is 7.11. The fourth-order valence-corrected chi connectivity index (χ4v) is 2.19. The van der Waals surface area contributed by atoms with Gasteiger partial charge in [-0.25, -0.2) is 4.98 Å². The van der Waals surface area contributed by atoms with E-state index in [2.05, 4.69) is 36.5 Å². The minimum Gasteiger partial charge on any atom is -0.391 e. The minimum absolute atomic E-state index is 0.279. The number of aliphatic hydroxyl groups excluding tert-OH is 1. The third-order valence-electron chi connectivity index (χ3n) is 2.15. The Hall–Kier alpha value is -0.610. The van der Waals surface area contributed by atoms with Crippen LogP contribution in [0.25, 0.3) is 0 Å². The van der Waals surface area contributed by atoms with Gasteiger partial charge in [0.15, 0.2) is 5.13 Å². The Bertz CT molecular complexity index is 286. The van der Waals surface area contributed by atoms with E-state index in [1.807, 2.05) is 0 Å². The molecular formula is C11H20N2OS. The van der Waals surface area contributed by atoms with Crippen LogP contribution < -0.4 is 5.32 Å². The van der Waals surface area contributed by atoms with Gasteiger partial charge in [-0.1, -0.05) is 20.8 Å². The number of aromatic nitrogens is 1. The van der Waals surface area contributed by atoms with Crippen LogP contribution >= 0.6 is 11.3 Å². The van der Waals surface area contributed by atoms with Gasteiger partial charge in [0.2, 0.25) is 0 Å². The zero-order chi connectivity index (χ0) is 11.3. The molecular weight excluding hydrogens is 208 g/mol. The molecule has 2 N–H and O–H groups in total. The average molecular weight is 228 g/mol. The number of anilines is 1. The quantitative estimate of drug-likeness (QED) is 0.786. The van der Waals surface area contributed by atoms with Crippen LogP contribution in [0.4, 0.5) is 5.13 Å². The van der Waals surface area contributed by atoms with Crippen LogP contribution in [0.3, 0.4) is 0 Å². The lowest BCUT2D eigenvalue weighted by atomic mass is 10.1. The molecule has 0 amide bonds. The summed E-state index contributed by atoms with van der Waals surface area (Å²) in [7, 11) is 0. The number of hydrogen-bond donors (Lipinski definition) is 2. The molecule has 0 fully saturated rings. The third kappa shape index (κ3) is 4.62. The van der Waals surface area contributed by atoms with Gasteiger partial charge in [-0.3, -0.25) is 0 Å². The van der Waals surface area contributed by atoms with E-state index in [4.69, 9.17) is 0 Å². The Labute approximate surface area is 95.6 Å². The highest BCUT2D eigenvalue weighted by Gasteiger charge is 2.07. The second-order valence-corrected chi connectivity index (χ2v) is 5.02. The molecule has 0 radical (unpaired) electrons. The monoisotopic (exact) mass is 228 g/mol. The number of aliphatic hydroxyl groups is 1. The maximum absolute atomic E-state index is 9.66. The van der Waals surface area contributed by atoms with Crippen LogP contribution in [-0.4, -0.2) is 22.7 Å². The van der Waals surface area contributed by atoms with Gasteiger partial charge in [0.05, 0.1) is 11.8 Å². The summed E-state index contributed by atoms with van der Waals surface area (Å²) in [5.74, 6) is 0.532. The largest absolute Gasteiger partial charge is 0.391 e. The topological polar surface area (TPSA) is 45.1 Å². The van der Waals surface area contributed by atoms with Crippen molar-refractivity contribution < 1.29 is 5.11 Å². The molecule has 15 heavy (non-hydrogen) atoms. The van der Waals surface area contributed by atoms with Crippen molar-refractivity contribution >= 4 is 16.5 Å². The first-order valence-electron chi connectivity index (χ1n) is 5.48. The van der Waals surface area contributed by atoms with Crippen molar-refractivity contribution in [3.8, 4) is 0 Å². The normalized spacial score (nSPS) is 13.1. The molecule has 1 heterocycles. The standard InChI is InChI=1S/C11H20N2OS/c1-4-9-7-15-11(13-9)12-6-10(14)5-8(2)3/h7-8,10,14H,4-6H2,1-3H3,(H,12,13). The summed E-state index contributed by atoms with van der Waals surface area (Å²) in [6.07, 6.45) is 1.52. The van der Waals surface area contributed by atoms with Crippen molar-refractivity contribution in [2.45, 2.75) is 39.7 Å². The SMILES string of the molecule is CCc1csc(NCC(O)CC(C)C)n1. The molecule has 0 saturated carbocycles. The van der Waals surface area contributed by atoms with Crippen LogP contribution in [-0.2, 0) is 6.42 Å². The molecule has 4 heteroatoms. The number of nitrogens with one attached hydrogen (secondary N) is 1. The fourth-order valence-electron chi connectivity index (χ4n) is 1.38. The smallest absolute Gasteiger partial charge is 0.182 e. The Balaban J connectivity index is 2.30. The van der Waals surface area contributed by atoms with Crippen LogP contribution in [0.2, 0.25) is 0 Å². The second kappa shape index (κ2) is 6.08. The number of rotatable bonds is 6. The molecule has 0 saturated heterocycles. The summed E-state index contributed by atoms with van der Waals surface area (Å²) in [6.45, 7) is 6.91. The minimum atomic E-state index is -0.279. The lowest BCUT2D eigenvalue weighted by Crippen LogP contribution is -2.21. The summed E-state index contributed by atoms with van der Waals surface area (Å²) in [5, 5.41) is 15.8. The molecule has 0 aromatic carbocycles. The number of thiazole rings is 1. The molecule has 86 valence electrons. The Morgan fingerprint density at radius 1 is 1.53 bits per heavy atom. The summed E-state index contributed by atoms with van der Waals surface area (Å²) < 4.78 is 0. The molecule has 0 aliphatic carbocycles. The molecule has 0 aliphatic heterocycles. The lowest BCUT2D eigenvalue weighted by molar-refractivity contribution is 0.161. The van der Waals surface area contributed by atoms with Crippen molar-refractivity contribution in [2.75, 3.05) is 11.9 Å². The van der Waals surface area contributed by atoms with Gasteiger partial charge in [0.25, 0.3) is 0 Å². The van der Waals surface area contributed by atoms with E-state index in [0.717, 1.165) is 23.7 Å². The third-order valence-corrected chi connectivity index (χ3v) is 3.00. The van der Waals surface area contributed by atoms with E-state index in [9.17, 15) is 5.11 Å². The molecule has 0 bridgehead atoms. The highest BCUT2D eigenvalue weighted by molar-refractivity contribution is 7.13. The molecule has 1 atom stereocenters. The van der Waals surface area contributed by atoms with Gasteiger partial charge in [-0.05, 0) is 18.8 Å². The summed E-state index contributed by atoms with van der Waals surface area (Å²) in [5.41, 5.74) is 1.11. The van der Waals surface area contributed by atoms with Gasteiger partial charge >= 0.3 is 0 Å². The fraction of sp³-hybridized carbons (Fsp3) is 0.727. The maximum atomic E-state index is 9.66. The van der Waals surface area contributed by atoms with Crippen LogP contribution in [0.5, 0.6) is 0 Å². The first kappa shape index (κ1) is 12.5. The van der Waals surface area contributed by atoms with E-state index in [-0.39, 0.29) is 6.10 Å². The summed E-state index contributed by atoms with van der Waals surface area (Å²) in [6, 6.07) is 0. The molecule has 0 aliphatic rings. The molecule has 1 aromatic heterocycles. The van der Waals surface area contributed by atoms with Crippen LogP contribution in [0.15, 0.2) is 5.38 Å². The van der Waals surface area contributed by atoms with Gasteiger partial charge in [-0.2, -0.15) is 0 Å². The molecule has 1 aromatic rings. The van der Waals surface area contributed by atoms with E-state index in [0.29, 0.717) is 12.5 Å². The predicted molar refractivity (Wildman–Crippen MR) is 65.4 cm³/mol. The van der Waals surface area contributed by atoms with Crippen molar-refractivity contribution in [1.82, 2.24) is 4.98 Å². The average Bonchev–Trinajstić information content (AvgIpc) is 2.61. The van der Waals surface area contributed by atoms with Crippen LogP contribution in [0, 0.1) is 5.92 Å². The van der Waals surface area contributed by atoms with Gasteiger partial charge < -0.3 is 10.4 Å². The summed E-state index contributed by atoms with van der Waals surface area (Å²) in [4.78, 5) is 4.38. The lowest BCUT2D eigenvalue weighted by Gasteiger charge is -2.12. The van der Waals surface area contributed by atoms with Gasteiger partial charge in [0.1, 0.15) is 0 Å². The van der Waals surface area contributed by atoms with Crippen molar-refractivity contribution in [2.24, 2.45) is 5.92 Å². The molecule has 1 unspecified atom stereocenters. The van der Waals surface area contributed by atoms with E-state index >= 15 is 0 Å². The molecule has 1 rings (SSSR count). The number of aryl methyl sites for hydroxylation is 1. The van der Waals surface area contributed by atoms with E-state index in [1.54, 1.807) is 11.3 Å². The van der Waals surface area contributed by atoms with Gasteiger partial charge in [0, 0.05) is 11.9 Å². The first-order valence-corrected chi connectivity index (χ1v) is 6.36. The van der Waals surface area contributed by atoms with E-state index < -0.39 is 0 Å². The zero-order valence-corrected chi connectivity index (χ0v) is 10.5. The highest BCUT2D eigenvalue weighted by atomic mass is 32.1. The summed E-state index contributed by atoms with van der Waals surface area (Å²) >= 11 is 1.60. The second-order valence-electron chi connectivity index (χ2n) is 4.16. The Kier molecular flexibility index (Phi) is 5.05. The van der Waals surface area contributed by atoms with Crippen molar-refractivity contribution in [1.29, 1.82) is 0 Å².